The molecule has 0 saturated heterocycles. The predicted octanol–water partition coefficient (Wildman–Crippen LogP) is 0.596. The van der Waals surface area contributed by atoms with Gasteiger partial charge in [-0.25, -0.2) is 4.79 Å². The highest BCUT2D eigenvalue weighted by molar-refractivity contribution is 5.91. The van der Waals surface area contributed by atoms with Crippen LogP contribution in [0, 0.1) is 0 Å². The van der Waals surface area contributed by atoms with E-state index in [1.54, 1.807) is 18.2 Å². The number of methoxy groups -OCH3 is 1. The van der Waals surface area contributed by atoms with Gasteiger partial charge in [0.1, 0.15) is 12.4 Å². The molecule has 0 radical (unpaired) electrons. The highest BCUT2D eigenvalue weighted by atomic mass is 16.5. The first-order valence-corrected chi connectivity index (χ1v) is 4.50. The third kappa shape index (κ3) is 1.87. The molecule has 0 amide bonds. The number of hydrogen-bond acceptors (Lipinski definition) is 5. The van der Waals surface area contributed by atoms with Crippen LogP contribution in [-0.2, 0) is 4.74 Å². The number of anilines is 1. The summed E-state index contributed by atoms with van der Waals surface area (Å²) < 4.78 is 9.82. The Morgan fingerprint density at radius 2 is 2.47 bits per heavy atom. The summed E-state index contributed by atoms with van der Waals surface area (Å²) in [5, 5.41) is 12.1. The standard InChI is InChI=1S/C10H11NO4/c1-14-10(13)6-2-3-8-7(4-6)11-9(12)5-15-8/h2-4,9,11-12H,5H2,1H3. The zero-order valence-corrected chi connectivity index (χ0v) is 8.19. The quantitative estimate of drug-likeness (QED) is 0.663. The molecular formula is C10H11NO4. The molecular weight excluding hydrogens is 198 g/mol. The van der Waals surface area contributed by atoms with Crippen LogP contribution in [-0.4, -0.2) is 31.0 Å². The molecule has 0 saturated carbocycles. The number of ether oxygens (including phenoxy) is 2. The van der Waals surface area contributed by atoms with Crippen molar-refractivity contribution in [2.24, 2.45) is 0 Å². The molecule has 0 fully saturated rings. The van der Waals surface area contributed by atoms with Crippen molar-refractivity contribution in [3.63, 3.8) is 0 Å². The normalized spacial score (nSPS) is 18.4. The van der Waals surface area contributed by atoms with Crippen LogP contribution in [0.1, 0.15) is 10.4 Å². The molecule has 0 aromatic heterocycles. The molecule has 15 heavy (non-hydrogen) atoms. The molecule has 1 unspecified atom stereocenters. The molecule has 5 nitrogen and oxygen atoms in total. The molecule has 2 N–H and O–H groups in total. The van der Waals surface area contributed by atoms with Crippen molar-refractivity contribution in [2.75, 3.05) is 19.0 Å². The summed E-state index contributed by atoms with van der Waals surface area (Å²) in [5.41, 5.74) is 1.01. The van der Waals surface area contributed by atoms with Gasteiger partial charge in [-0.05, 0) is 18.2 Å². The zero-order valence-electron chi connectivity index (χ0n) is 8.19. The monoisotopic (exact) mass is 209 g/mol. The lowest BCUT2D eigenvalue weighted by molar-refractivity contribution is 0.0600. The van der Waals surface area contributed by atoms with Crippen LogP contribution in [0.25, 0.3) is 0 Å². The maximum atomic E-state index is 11.2. The summed E-state index contributed by atoms with van der Waals surface area (Å²) in [6.45, 7) is 0.199. The summed E-state index contributed by atoms with van der Waals surface area (Å²) in [7, 11) is 1.32. The van der Waals surface area contributed by atoms with Crippen LogP contribution in [0.5, 0.6) is 5.75 Å². The van der Waals surface area contributed by atoms with E-state index in [1.165, 1.54) is 7.11 Å². The van der Waals surface area contributed by atoms with Crippen molar-refractivity contribution in [1.29, 1.82) is 0 Å². The molecule has 1 aliphatic rings. The van der Waals surface area contributed by atoms with E-state index in [0.717, 1.165) is 0 Å². The topological polar surface area (TPSA) is 67.8 Å². The number of esters is 1. The van der Waals surface area contributed by atoms with Gasteiger partial charge in [0.05, 0.1) is 18.4 Å². The van der Waals surface area contributed by atoms with E-state index >= 15 is 0 Å². The number of carbonyl (C=O) groups excluding carboxylic acids is 1. The third-order valence-electron chi connectivity index (χ3n) is 2.12. The fourth-order valence-corrected chi connectivity index (χ4v) is 1.40. The van der Waals surface area contributed by atoms with Crippen molar-refractivity contribution < 1.29 is 19.4 Å². The zero-order chi connectivity index (χ0) is 10.8. The minimum atomic E-state index is -0.745. The number of benzene rings is 1. The molecule has 1 aromatic rings. The van der Waals surface area contributed by atoms with E-state index in [-0.39, 0.29) is 6.61 Å². The molecule has 2 rings (SSSR count). The van der Waals surface area contributed by atoms with Gasteiger partial charge in [0, 0.05) is 0 Å². The summed E-state index contributed by atoms with van der Waals surface area (Å²) in [4.78, 5) is 11.2. The molecule has 1 aliphatic heterocycles. The van der Waals surface area contributed by atoms with Gasteiger partial charge in [-0.3, -0.25) is 0 Å². The van der Waals surface area contributed by atoms with Gasteiger partial charge in [-0.2, -0.15) is 0 Å². The lowest BCUT2D eigenvalue weighted by Crippen LogP contribution is -2.30. The van der Waals surface area contributed by atoms with E-state index in [1.807, 2.05) is 0 Å². The van der Waals surface area contributed by atoms with Gasteiger partial charge in [0.2, 0.25) is 0 Å². The Hall–Kier alpha value is -1.75. The van der Waals surface area contributed by atoms with Crippen LogP contribution in [0.15, 0.2) is 18.2 Å². The van der Waals surface area contributed by atoms with E-state index in [9.17, 15) is 9.90 Å². The fourth-order valence-electron chi connectivity index (χ4n) is 1.40. The number of fused-ring (bicyclic) bond motifs is 1. The second kappa shape index (κ2) is 3.78. The highest BCUT2D eigenvalue weighted by Crippen LogP contribution is 2.29. The highest BCUT2D eigenvalue weighted by Gasteiger charge is 2.18. The minimum absolute atomic E-state index is 0.199. The van der Waals surface area contributed by atoms with E-state index < -0.39 is 12.2 Å². The van der Waals surface area contributed by atoms with Gasteiger partial charge >= 0.3 is 5.97 Å². The molecule has 0 bridgehead atoms. The largest absolute Gasteiger partial charge is 0.487 e. The molecule has 0 spiro atoms. The molecule has 0 aliphatic carbocycles. The van der Waals surface area contributed by atoms with Gasteiger partial charge < -0.3 is 19.9 Å². The summed E-state index contributed by atoms with van der Waals surface area (Å²) in [6, 6.07) is 4.87. The molecule has 1 heterocycles. The molecule has 1 atom stereocenters. The first-order valence-electron chi connectivity index (χ1n) is 4.50. The number of rotatable bonds is 1. The Kier molecular flexibility index (Phi) is 2.47. The lowest BCUT2D eigenvalue weighted by atomic mass is 10.1. The fraction of sp³-hybridized carbons (Fsp3) is 0.300. The van der Waals surface area contributed by atoms with Crippen molar-refractivity contribution in [1.82, 2.24) is 0 Å². The van der Waals surface area contributed by atoms with Gasteiger partial charge in [-0.15, -0.1) is 0 Å². The first kappa shape index (κ1) is 9.79. The number of aliphatic hydroxyl groups is 1. The van der Waals surface area contributed by atoms with Gasteiger partial charge in [0.15, 0.2) is 6.23 Å². The van der Waals surface area contributed by atoms with Crippen LogP contribution in [0.4, 0.5) is 5.69 Å². The SMILES string of the molecule is COC(=O)c1ccc2c(c1)NC(O)CO2. The number of carbonyl (C=O) groups is 1. The number of nitrogens with one attached hydrogen (secondary N) is 1. The Balaban J connectivity index is 2.32. The number of hydrogen-bond donors (Lipinski definition) is 2. The smallest absolute Gasteiger partial charge is 0.337 e. The Morgan fingerprint density at radius 1 is 1.67 bits per heavy atom. The van der Waals surface area contributed by atoms with Gasteiger partial charge in [0.25, 0.3) is 0 Å². The van der Waals surface area contributed by atoms with Crippen LogP contribution >= 0.6 is 0 Å². The van der Waals surface area contributed by atoms with E-state index in [2.05, 4.69) is 10.1 Å². The molecule has 80 valence electrons. The van der Waals surface area contributed by atoms with Crippen LogP contribution in [0.3, 0.4) is 0 Å². The van der Waals surface area contributed by atoms with Crippen molar-refractivity contribution in [3.8, 4) is 5.75 Å². The first-order chi connectivity index (χ1) is 7.20. The minimum Gasteiger partial charge on any atom is -0.487 e. The maximum absolute atomic E-state index is 11.2. The average Bonchev–Trinajstić information content (AvgIpc) is 2.27. The Bertz CT molecular complexity index is 391. The second-order valence-corrected chi connectivity index (χ2v) is 3.17. The predicted molar refractivity (Wildman–Crippen MR) is 52.9 cm³/mol. The van der Waals surface area contributed by atoms with Crippen molar-refractivity contribution in [2.45, 2.75) is 6.23 Å². The van der Waals surface area contributed by atoms with E-state index in [4.69, 9.17) is 4.74 Å². The third-order valence-corrected chi connectivity index (χ3v) is 2.12. The molecule has 1 aromatic carbocycles. The van der Waals surface area contributed by atoms with Gasteiger partial charge in [-0.1, -0.05) is 0 Å². The summed E-state index contributed by atoms with van der Waals surface area (Å²) in [5.74, 6) is 0.201. The number of aliphatic hydroxyl groups excluding tert-OH is 1. The lowest BCUT2D eigenvalue weighted by Gasteiger charge is -2.23. The maximum Gasteiger partial charge on any atom is 0.337 e. The van der Waals surface area contributed by atoms with Crippen molar-refractivity contribution in [3.05, 3.63) is 23.8 Å². The Morgan fingerprint density at radius 3 is 3.20 bits per heavy atom. The van der Waals surface area contributed by atoms with Crippen molar-refractivity contribution >= 4 is 11.7 Å². The second-order valence-electron chi connectivity index (χ2n) is 3.17. The summed E-state index contributed by atoms with van der Waals surface area (Å²) in [6.07, 6.45) is -0.745. The average molecular weight is 209 g/mol. The molecule has 5 heteroatoms. The van der Waals surface area contributed by atoms with Crippen LogP contribution < -0.4 is 10.1 Å². The summed E-state index contributed by atoms with van der Waals surface area (Å²) >= 11 is 0. The van der Waals surface area contributed by atoms with E-state index in [0.29, 0.717) is 17.0 Å². The van der Waals surface area contributed by atoms with Crippen LogP contribution in [0.2, 0.25) is 0 Å². The Labute approximate surface area is 86.6 Å².